The Morgan fingerprint density at radius 3 is 3.05 bits per heavy atom. The first-order chi connectivity index (χ1) is 10.2. The summed E-state index contributed by atoms with van der Waals surface area (Å²) in [6.07, 6.45) is 1.84. The van der Waals surface area contributed by atoms with E-state index in [4.69, 9.17) is 5.73 Å². The Hall–Kier alpha value is -1.10. The number of rotatable bonds is 3. The van der Waals surface area contributed by atoms with Crippen molar-refractivity contribution in [2.45, 2.75) is 31.2 Å². The minimum atomic E-state index is 0.299. The van der Waals surface area contributed by atoms with Gasteiger partial charge in [0.05, 0.1) is 5.52 Å². The second-order valence-electron chi connectivity index (χ2n) is 5.76. The van der Waals surface area contributed by atoms with Crippen LogP contribution in [0.25, 0.3) is 10.9 Å². The van der Waals surface area contributed by atoms with E-state index >= 15 is 0 Å². The number of nitrogens with zero attached hydrogens (tertiary/aromatic N) is 2. The molecule has 0 saturated carbocycles. The van der Waals surface area contributed by atoms with Crippen LogP contribution >= 0.6 is 11.8 Å². The average molecular weight is 301 g/mol. The van der Waals surface area contributed by atoms with Gasteiger partial charge in [0.1, 0.15) is 0 Å². The van der Waals surface area contributed by atoms with Crippen molar-refractivity contribution in [1.29, 1.82) is 0 Å². The van der Waals surface area contributed by atoms with E-state index in [0.717, 1.165) is 12.1 Å². The van der Waals surface area contributed by atoms with Crippen LogP contribution in [0.15, 0.2) is 36.5 Å². The lowest BCUT2D eigenvalue weighted by molar-refractivity contribution is 0.151. The molecule has 2 heterocycles. The van der Waals surface area contributed by atoms with Crippen LogP contribution in [0.2, 0.25) is 0 Å². The number of fused-ring (bicyclic) bond motifs is 1. The molecule has 0 radical (unpaired) electrons. The Kier molecular flexibility index (Phi) is 4.48. The van der Waals surface area contributed by atoms with Gasteiger partial charge in [-0.2, -0.15) is 11.8 Å². The SMILES string of the molecule is CC1SCCN(C(CN)c2ccc3ncccc3c2)C1C. The zero-order valence-electron chi connectivity index (χ0n) is 12.7. The Morgan fingerprint density at radius 2 is 2.24 bits per heavy atom. The number of hydrogen-bond acceptors (Lipinski definition) is 4. The maximum atomic E-state index is 6.12. The molecule has 0 spiro atoms. The fourth-order valence-electron chi connectivity index (χ4n) is 3.16. The number of hydrogen-bond donors (Lipinski definition) is 1. The standard InChI is InChI=1S/C17H23N3S/c1-12-13(2)21-9-8-20(12)17(11-18)15-5-6-16-14(10-15)4-3-7-19-16/h3-7,10,12-13,17H,8-9,11,18H2,1-2H3. The molecule has 112 valence electrons. The molecule has 4 heteroatoms. The summed E-state index contributed by atoms with van der Waals surface area (Å²) in [7, 11) is 0. The summed E-state index contributed by atoms with van der Waals surface area (Å²) in [5.74, 6) is 1.19. The van der Waals surface area contributed by atoms with E-state index in [1.54, 1.807) is 0 Å². The molecule has 0 amide bonds. The third-order valence-corrected chi connectivity index (χ3v) is 5.91. The van der Waals surface area contributed by atoms with Crippen LogP contribution < -0.4 is 5.73 Å². The van der Waals surface area contributed by atoms with Gasteiger partial charge in [0, 0.05) is 47.8 Å². The molecular weight excluding hydrogens is 278 g/mol. The minimum absolute atomic E-state index is 0.299. The first-order valence-electron chi connectivity index (χ1n) is 7.63. The zero-order valence-corrected chi connectivity index (χ0v) is 13.5. The van der Waals surface area contributed by atoms with Gasteiger partial charge in [0.15, 0.2) is 0 Å². The summed E-state index contributed by atoms with van der Waals surface area (Å²) in [5.41, 5.74) is 8.48. The average Bonchev–Trinajstić information content (AvgIpc) is 2.52. The lowest BCUT2D eigenvalue weighted by atomic mass is 10.0. The monoisotopic (exact) mass is 301 g/mol. The van der Waals surface area contributed by atoms with E-state index in [2.05, 4.69) is 59.8 Å². The molecule has 3 atom stereocenters. The molecule has 1 aromatic carbocycles. The first-order valence-corrected chi connectivity index (χ1v) is 8.67. The summed E-state index contributed by atoms with van der Waals surface area (Å²) in [6, 6.07) is 11.5. The third-order valence-electron chi connectivity index (χ3n) is 4.57. The topological polar surface area (TPSA) is 42.1 Å². The summed E-state index contributed by atoms with van der Waals surface area (Å²) in [4.78, 5) is 6.97. The van der Waals surface area contributed by atoms with E-state index in [-0.39, 0.29) is 0 Å². The van der Waals surface area contributed by atoms with Crippen molar-refractivity contribution < 1.29 is 0 Å². The number of thioether (sulfide) groups is 1. The highest BCUT2D eigenvalue weighted by Gasteiger charge is 2.30. The molecule has 2 N–H and O–H groups in total. The van der Waals surface area contributed by atoms with Gasteiger partial charge in [0.2, 0.25) is 0 Å². The second kappa shape index (κ2) is 6.34. The van der Waals surface area contributed by atoms with E-state index in [1.807, 2.05) is 12.3 Å². The van der Waals surface area contributed by atoms with Gasteiger partial charge in [-0.05, 0) is 30.7 Å². The molecule has 1 aromatic heterocycles. The van der Waals surface area contributed by atoms with E-state index in [0.29, 0.717) is 23.9 Å². The van der Waals surface area contributed by atoms with Crippen molar-refractivity contribution in [1.82, 2.24) is 9.88 Å². The molecule has 1 aliphatic rings. The zero-order chi connectivity index (χ0) is 14.8. The van der Waals surface area contributed by atoms with Crippen molar-refractivity contribution in [3.8, 4) is 0 Å². The van der Waals surface area contributed by atoms with Crippen molar-refractivity contribution in [3.63, 3.8) is 0 Å². The quantitative estimate of drug-likeness (QED) is 0.946. The van der Waals surface area contributed by atoms with Gasteiger partial charge in [0.25, 0.3) is 0 Å². The van der Waals surface area contributed by atoms with Gasteiger partial charge < -0.3 is 5.73 Å². The molecular formula is C17H23N3S. The van der Waals surface area contributed by atoms with Crippen LogP contribution in [-0.2, 0) is 0 Å². The van der Waals surface area contributed by atoms with Crippen LogP contribution in [0.3, 0.4) is 0 Å². The van der Waals surface area contributed by atoms with Crippen molar-refractivity contribution >= 4 is 22.7 Å². The lowest BCUT2D eigenvalue weighted by Crippen LogP contribution is -2.48. The molecule has 0 aliphatic carbocycles. The van der Waals surface area contributed by atoms with Crippen LogP contribution in [-0.4, -0.2) is 40.0 Å². The maximum absolute atomic E-state index is 6.12. The summed E-state index contributed by atoms with van der Waals surface area (Å²) < 4.78 is 0. The number of pyridine rings is 1. The molecule has 2 aromatic rings. The largest absolute Gasteiger partial charge is 0.329 e. The van der Waals surface area contributed by atoms with Gasteiger partial charge in [-0.25, -0.2) is 0 Å². The highest BCUT2D eigenvalue weighted by molar-refractivity contribution is 8.00. The van der Waals surface area contributed by atoms with Crippen LogP contribution in [0.4, 0.5) is 0 Å². The van der Waals surface area contributed by atoms with E-state index < -0.39 is 0 Å². The maximum Gasteiger partial charge on any atom is 0.0702 e. The Bertz CT molecular complexity index is 616. The second-order valence-corrected chi connectivity index (χ2v) is 7.25. The van der Waals surface area contributed by atoms with E-state index in [1.165, 1.54) is 16.7 Å². The van der Waals surface area contributed by atoms with Gasteiger partial charge in [-0.1, -0.05) is 19.1 Å². The summed E-state index contributed by atoms with van der Waals surface area (Å²) in [5, 5.41) is 1.86. The third kappa shape index (κ3) is 2.93. The molecule has 1 aliphatic heterocycles. The smallest absolute Gasteiger partial charge is 0.0702 e. The molecule has 1 saturated heterocycles. The summed E-state index contributed by atoms with van der Waals surface area (Å²) >= 11 is 2.06. The molecule has 1 fully saturated rings. The van der Waals surface area contributed by atoms with Crippen molar-refractivity contribution in [2.24, 2.45) is 5.73 Å². The predicted octanol–water partition coefficient (Wildman–Crippen LogP) is 3.06. The van der Waals surface area contributed by atoms with E-state index in [9.17, 15) is 0 Å². The molecule has 3 nitrogen and oxygen atoms in total. The van der Waals surface area contributed by atoms with Crippen LogP contribution in [0, 0.1) is 0 Å². The van der Waals surface area contributed by atoms with Gasteiger partial charge in [-0.3, -0.25) is 9.88 Å². The van der Waals surface area contributed by atoms with Gasteiger partial charge in [-0.15, -0.1) is 0 Å². The fraction of sp³-hybridized carbons (Fsp3) is 0.471. The summed E-state index contributed by atoms with van der Waals surface area (Å²) in [6.45, 7) is 6.41. The van der Waals surface area contributed by atoms with Crippen LogP contribution in [0.1, 0.15) is 25.5 Å². The normalized spacial score (nSPS) is 25.1. The highest BCUT2D eigenvalue weighted by Crippen LogP contribution is 2.32. The molecule has 3 unspecified atom stereocenters. The molecule has 21 heavy (non-hydrogen) atoms. The minimum Gasteiger partial charge on any atom is -0.329 e. The first kappa shape index (κ1) is 14.8. The number of benzene rings is 1. The molecule has 3 rings (SSSR count). The van der Waals surface area contributed by atoms with Crippen molar-refractivity contribution in [2.75, 3.05) is 18.8 Å². The van der Waals surface area contributed by atoms with Crippen molar-refractivity contribution in [3.05, 3.63) is 42.1 Å². The fourth-order valence-corrected chi connectivity index (χ4v) is 4.28. The van der Waals surface area contributed by atoms with Crippen LogP contribution in [0.5, 0.6) is 0 Å². The number of nitrogens with two attached hydrogens (primary N) is 1. The predicted molar refractivity (Wildman–Crippen MR) is 91.6 cm³/mol. The Balaban J connectivity index is 1.93. The Morgan fingerprint density at radius 1 is 1.38 bits per heavy atom. The molecule has 0 bridgehead atoms. The van der Waals surface area contributed by atoms with Gasteiger partial charge >= 0.3 is 0 Å². The highest BCUT2D eigenvalue weighted by atomic mass is 32.2. The lowest BCUT2D eigenvalue weighted by Gasteiger charge is -2.42. The number of aromatic nitrogens is 1. The Labute approximate surface area is 130 Å².